The molecule has 7 nitrogen and oxygen atoms in total. The zero-order chi connectivity index (χ0) is 21.9. The number of nitrogens with two attached hydrogens (primary N) is 1. The molecular formula is C21H24N4O3S2. The second-order valence-corrected chi connectivity index (χ2v) is 9.17. The minimum Gasteiger partial charge on any atom is -0.372 e. The SMILES string of the molecule is C=CCn1c(=NC(=O)c2ccc(N(CC)CC)cc2)sc2cc(S(N)(=O)=O)ccc21. The summed E-state index contributed by atoms with van der Waals surface area (Å²) >= 11 is 1.23. The third kappa shape index (κ3) is 4.53. The predicted octanol–water partition coefficient (Wildman–Crippen LogP) is 3.12. The van der Waals surface area contributed by atoms with E-state index in [9.17, 15) is 13.2 Å². The third-order valence-corrected chi connectivity index (χ3v) is 6.69. The quantitative estimate of drug-likeness (QED) is 0.566. The van der Waals surface area contributed by atoms with Gasteiger partial charge in [-0.25, -0.2) is 13.6 Å². The van der Waals surface area contributed by atoms with Crippen LogP contribution in [0.5, 0.6) is 0 Å². The van der Waals surface area contributed by atoms with Crippen molar-refractivity contribution in [2.45, 2.75) is 25.3 Å². The molecule has 3 rings (SSSR count). The summed E-state index contributed by atoms with van der Waals surface area (Å²) < 4.78 is 25.8. The molecule has 1 heterocycles. The van der Waals surface area contributed by atoms with Crippen molar-refractivity contribution in [3.8, 4) is 0 Å². The topological polar surface area (TPSA) is 97.8 Å². The van der Waals surface area contributed by atoms with Crippen LogP contribution in [0.2, 0.25) is 0 Å². The summed E-state index contributed by atoms with van der Waals surface area (Å²) in [4.78, 5) is 19.7. The Balaban J connectivity index is 2.04. The first-order chi connectivity index (χ1) is 14.3. The van der Waals surface area contributed by atoms with E-state index in [0.29, 0.717) is 21.6 Å². The summed E-state index contributed by atoms with van der Waals surface area (Å²) in [5.41, 5.74) is 2.30. The lowest BCUT2D eigenvalue weighted by Crippen LogP contribution is -2.21. The van der Waals surface area contributed by atoms with Crippen molar-refractivity contribution < 1.29 is 13.2 Å². The minimum absolute atomic E-state index is 0.0203. The zero-order valence-corrected chi connectivity index (χ0v) is 18.5. The molecule has 0 saturated heterocycles. The molecule has 2 aromatic carbocycles. The van der Waals surface area contributed by atoms with Gasteiger partial charge in [-0.1, -0.05) is 17.4 Å². The maximum atomic E-state index is 12.8. The predicted molar refractivity (Wildman–Crippen MR) is 121 cm³/mol. The van der Waals surface area contributed by atoms with Gasteiger partial charge in [-0.3, -0.25) is 4.79 Å². The summed E-state index contributed by atoms with van der Waals surface area (Å²) in [5.74, 6) is -0.364. The van der Waals surface area contributed by atoms with Crippen LogP contribution in [-0.4, -0.2) is 32.0 Å². The summed E-state index contributed by atoms with van der Waals surface area (Å²) in [6, 6.07) is 12.0. The third-order valence-electron chi connectivity index (χ3n) is 4.73. The molecule has 0 atom stereocenters. The van der Waals surface area contributed by atoms with Crippen molar-refractivity contribution in [2.24, 2.45) is 10.1 Å². The van der Waals surface area contributed by atoms with Gasteiger partial charge in [0.25, 0.3) is 5.91 Å². The molecule has 3 aromatic rings. The maximum Gasteiger partial charge on any atom is 0.279 e. The van der Waals surface area contributed by atoms with Crippen LogP contribution in [0, 0.1) is 0 Å². The number of amides is 1. The van der Waals surface area contributed by atoms with Crippen molar-refractivity contribution in [1.82, 2.24) is 4.57 Å². The Labute approximate surface area is 179 Å². The van der Waals surface area contributed by atoms with Crippen molar-refractivity contribution in [2.75, 3.05) is 18.0 Å². The standard InChI is InChI=1S/C21H24N4O3S2/c1-4-13-25-18-12-11-17(30(22,27)28)14-19(18)29-21(25)23-20(26)15-7-9-16(10-8-15)24(5-2)6-3/h4,7-12,14H,1,5-6,13H2,2-3H3,(H2,22,27,28). The molecule has 2 N–H and O–H groups in total. The monoisotopic (exact) mass is 444 g/mol. The van der Waals surface area contributed by atoms with Crippen molar-refractivity contribution >= 4 is 43.2 Å². The molecule has 0 saturated carbocycles. The first-order valence-electron chi connectivity index (χ1n) is 9.49. The zero-order valence-electron chi connectivity index (χ0n) is 16.9. The molecule has 0 unspecified atom stereocenters. The van der Waals surface area contributed by atoms with Crippen molar-refractivity contribution in [3.05, 3.63) is 65.5 Å². The van der Waals surface area contributed by atoms with Crippen LogP contribution < -0.4 is 14.8 Å². The van der Waals surface area contributed by atoms with E-state index in [1.165, 1.54) is 23.5 Å². The molecule has 1 aromatic heterocycles. The van der Waals surface area contributed by atoms with Gasteiger partial charge in [-0.2, -0.15) is 4.99 Å². The van der Waals surface area contributed by atoms with Gasteiger partial charge in [0.15, 0.2) is 4.80 Å². The van der Waals surface area contributed by atoms with E-state index in [1.807, 2.05) is 16.7 Å². The molecule has 0 aliphatic heterocycles. The summed E-state index contributed by atoms with van der Waals surface area (Å²) in [6.07, 6.45) is 1.70. The first-order valence-corrected chi connectivity index (χ1v) is 11.9. The number of allylic oxidation sites excluding steroid dienone is 1. The van der Waals surface area contributed by atoms with Gasteiger partial charge in [0.1, 0.15) is 0 Å². The van der Waals surface area contributed by atoms with Gasteiger partial charge < -0.3 is 9.47 Å². The molecule has 0 aliphatic carbocycles. The fourth-order valence-electron chi connectivity index (χ4n) is 3.18. The Bertz CT molecular complexity index is 1250. The number of anilines is 1. The fraction of sp³-hybridized carbons (Fsp3) is 0.238. The maximum absolute atomic E-state index is 12.8. The van der Waals surface area contributed by atoms with Gasteiger partial charge >= 0.3 is 0 Å². The second-order valence-electron chi connectivity index (χ2n) is 6.59. The summed E-state index contributed by atoms with van der Waals surface area (Å²) in [5, 5.41) is 5.23. The highest BCUT2D eigenvalue weighted by Gasteiger charge is 2.13. The highest BCUT2D eigenvalue weighted by atomic mass is 32.2. The van der Waals surface area contributed by atoms with Gasteiger partial charge in [0.05, 0.1) is 15.1 Å². The number of fused-ring (bicyclic) bond motifs is 1. The Kier molecular flexibility index (Phi) is 6.55. The normalized spacial score (nSPS) is 12.3. The lowest BCUT2D eigenvalue weighted by atomic mass is 10.2. The number of primary sulfonamides is 1. The van der Waals surface area contributed by atoms with E-state index in [1.54, 1.807) is 24.3 Å². The fourth-order valence-corrected chi connectivity index (χ4v) is 4.87. The van der Waals surface area contributed by atoms with Crippen molar-refractivity contribution in [3.63, 3.8) is 0 Å². The molecule has 0 radical (unpaired) electrons. The number of sulfonamides is 1. The van der Waals surface area contributed by atoms with E-state index in [-0.39, 0.29) is 10.8 Å². The number of thiazole rings is 1. The number of hydrogen-bond donors (Lipinski definition) is 1. The van der Waals surface area contributed by atoms with Crippen LogP contribution in [-0.2, 0) is 16.6 Å². The molecule has 0 bridgehead atoms. The number of carbonyl (C=O) groups is 1. The largest absolute Gasteiger partial charge is 0.372 e. The number of rotatable bonds is 7. The molecule has 0 aliphatic rings. The average molecular weight is 445 g/mol. The Hall–Kier alpha value is -2.75. The van der Waals surface area contributed by atoms with Crippen LogP contribution in [0.25, 0.3) is 10.2 Å². The lowest BCUT2D eigenvalue weighted by Gasteiger charge is -2.20. The smallest absolute Gasteiger partial charge is 0.279 e. The van der Waals surface area contributed by atoms with Crippen molar-refractivity contribution in [1.29, 1.82) is 0 Å². The average Bonchev–Trinajstić information content (AvgIpc) is 3.05. The second kappa shape index (κ2) is 8.95. The number of hydrogen-bond acceptors (Lipinski definition) is 5. The number of carbonyl (C=O) groups excluding carboxylic acids is 1. The van der Waals surface area contributed by atoms with Gasteiger partial charge in [-0.05, 0) is 56.3 Å². The molecular weight excluding hydrogens is 420 g/mol. The summed E-state index contributed by atoms with van der Waals surface area (Å²) in [7, 11) is -3.82. The molecule has 158 valence electrons. The van der Waals surface area contributed by atoms with E-state index >= 15 is 0 Å². The van der Waals surface area contributed by atoms with E-state index in [2.05, 4.69) is 30.3 Å². The van der Waals surface area contributed by atoms with Gasteiger partial charge in [0, 0.05) is 30.9 Å². The van der Waals surface area contributed by atoms with Crippen LogP contribution in [0.15, 0.2) is 65.0 Å². The molecule has 9 heteroatoms. The minimum atomic E-state index is -3.82. The highest BCUT2D eigenvalue weighted by molar-refractivity contribution is 7.89. The van der Waals surface area contributed by atoms with Crippen LogP contribution in [0.4, 0.5) is 5.69 Å². The molecule has 1 amide bonds. The Morgan fingerprint density at radius 3 is 2.43 bits per heavy atom. The first kappa shape index (κ1) is 21.9. The number of aromatic nitrogens is 1. The summed E-state index contributed by atoms with van der Waals surface area (Å²) in [6.45, 7) is 10.1. The molecule has 30 heavy (non-hydrogen) atoms. The number of nitrogens with zero attached hydrogens (tertiary/aromatic N) is 3. The van der Waals surface area contributed by atoms with Gasteiger partial charge in [0.2, 0.25) is 10.0 Å². The van der Waals surface area contributed by atoms with E-state index < -0.39 is 10.0 Å². The van der Waals surface area contributed by atoms with Crippen LogP contribution in [0.1, 0.15) is 24.2 Å². The molecule has 0 spiro atoms. The van der Waals surface area contributed by atoms with Gasteiger partial charge in [-0.15, -0.1) is 6.58 Å². The highest BCUT2D eigenvalue weighted by Crippen LogP contribution is 2.22. The number of benzene rings is 2. The van der Waals surface area contributed by atoms with E-state index in [0.717, 1.165) is 24.3 Å². The molecule has 0 fully saturated rings. The lowest BCUT2D eigenvalue weighted by molar-refractivity contribution is 0.0998. The Morgan fingerprint density at radius 1 is 1.20 bits per heavy atom. The van der Waals surface area contributed by atoms with Crippen LogP contribution >= 0.6 is 11.3 Å². The van der Waals surface area contributed by atoms with E-state index in [4.69, 9.17) is 5.14 Å². The van der Waals surface area contributed by atoms with Crippen LogP contribution in [0.3, 0.4) is 0 Å². The Morgan fingerprint density at radius 2 is 1.87 bits per heavy atom.